The number of halogens is 3. The molecule has 6 heteroatoms. The first-order chi connectivity index (χ1) is 8.99. The van der Waals surface area contributed by atoms with Crippen LogP contribution in [0.15, 0.2) is 35.1 Å². The van der Waals surface area contributed by atoms with Gasteiger partial charge in [-0.3, -0.25) is 4.79 Å². The van der Waals surface area contributed by atoms with Gasteiger partial charge in [0.1, 0.15) is 16.2 Å². The Kier molecular flexibility index (Phi) is 3.90. The van der Waals surface area contributed by atoms with Gasteiger partial charge < -0.3 is 5.32 Å². The largest absolute Gasteiger partial charge is 0.319 e. The third-order valence-electron chi connectivity index (χ3n) is 2.50. The van der Waals surface area contributed by atoms with Gasteiger partial charge in [-0.25, -0.2) is 13.8 Å². The van der Waals surface area contributed by atoms with Crippen LogP contribution >= 0.6 is 15.9 Å². The molecule has 0 saturated heterocycles. The fourth-order valence-corrected chi connectivity index (χ4v) is 1.92. The van der Waals surface area contributed by atoms with E-state index in [1.165, 1.54) is 19.2 Å². The summed E-state index contributed by atoms with van der Waals surface area (Å²) in [6.45, 7) is 1.45. The summed E-state index contributed by atoms with van der Waals surface area (Å²) in [4.78, 5) is 15.8. The number of aryl methyl sites for hydroxylation is 1. The molecule has 1 N–H and O–H groups in total. The lowest BCUT2D eigenvalue weighted by Crippen LogP contribution is -2.14. The van der Waals surface area contributed by atoms with Crippen LogP contribution in [-0.4, -0.2) is 10.9 Å². The molecule has 3 nitrogen and oxygen atoms in total. The van der Waals surface area contributed by atoms with Crippen molar-refractivity contribution in [3.63, 3.8) is 0 Å². The molecule has 2 rings (SSSR count). The standard InChI is InChI=1S/C13H9BrF2N2O/c1-7-5-10(16)11(6-9(7)15)18-13(19)8-3-2-4-17-12(8)14/h2-6H,1H3,(H,18,19). The maximum Gasteiger partial charge on any atom is 0.258 e. The van der Waals surface area contributed by atoms with Crippen molar-refractivity contribution in [2.45, 2.75) is 6.92 Å². The van der Waals surface area contributed by atoms with Crippen LogP contribution in [0, 0.1) is 18.6 Å². The van der Waals surface area contributed by atoms with E-state index in [2.05, 4.69) is 26.2 Å². The lowest BCUT2D eigenvalue weighted by atomic mass is 10.2. The number of rotatable bonds is 2. The Morgan fingerprint density at radius 2 is 2.05 bits per heavy atom. The second kappa shape index (κ2) is 5.44. The third-order valence-corrected chi connectivity index (χ3v) is 3.13. The second-order valence-electron chi connectivity index (χ2n) is 3.88. The average Bonchev–Trinajstić information content (AvgIpc) is 2.36. The Bertz CT molecular complexity index is 647. The summed E-state index contributed by atoms with van der Waals surface area (Å²) < 4.78 is 27.3. The molecule has 19 heavy (non-hydrogen) atoms. The zero-order chi connectivity index (χ0) is 14.0. The highest BCUT2D eigenvalue weighted by Gasteiger charge is 2.14. The molecular formula is C13H9BrF2N2O. The molecule has 0 unspecified atom stereocenters. The van der Waals surface area contributed by atoms with Crippen LogP contribution in [0.5, 0.6) is 0 Å². The van der Waals surface area contributed by atoms with Crippen LogP contribution in [0.1, 0.15) is 15.9 Å². The fraction of sp³-hybridized carbons (Fsp3) is 0.0769. The highest BCUT2D eigenvalue weighted by Crippen LogP contribution is 2.21. The van der Waals surface area contributed by atoms with Crippen molar-refractivity contribution < 1.29 is 13.6 Å². The number of pyridine rings is 1. The van der Waals surface area contributed by atoms with Gasteiger partial charge in [-0.05, 0) is 46.6 Å². The number of nitrogens with one attached hydrogen (secondary N) is 1. The minimum Gasteiger partial charge on any atom is -0.319 e. The summed E-state index contributed by atoms with van der Waals surface area (Å²) in [5.74, 6) is -1.84. The molecule has 0 atom stereocenters. The average molecular weight is 327 g/mol. The van der Waals surface area contributed by atoms with Crippen molar-refractivity contribution in [3.8, 4) is 0 Å². The summed E-state index contributed by atoms with van der Waals surface area (Å²) in [7, 11) is 0. The lowest BCUT2D eigenvalue weighted by Gasteiger charge is -2.08. The van der Waals surface area contributed by atoms with Crippen molar-refractivity contribution in [2.24, 2.45) is 0 Å². The molecule has 0 spiro atoms. The number of nitrogens with zero attached hydrogens (tertiary/aromatic N) is 1. The second-order valence-corrected chi connectivity index (χ2v) is 4.63. The summed E-state index contributed by atoms with van der Waals surface area (Å²) >= 11 is 3.12. The van der Waals surface area contributed by atoms with Crippen molar-refractivity contribution in [2.75, 3.05) is 5.32 Å². The number of hydrogen-bond acceptors (Lipinski definition) is 2. The van der Waals surface area contributed by atoms with Gasteiger partial charge in [-0.2, -0.15) is 0 Å². The van der Waals surface area contributed by atoms with E-state index < -0.39 is 17.5 Å². The summed E-state index contributed by atoms with van der Waals surface area (Å²) in [6, 6.07) is 5.08. The van der Waals surface area contributed by atoms with E-state index >= 15 is 0 Å². The van der Waals surface area contributed by atoms with Crippen LogP contribution in [0.2, 0.25) is 0 Å². The van der Waals surface area contributed by atoms with E-state index in [0.29, 0.717) is 4.60 Å². The van der Waals surface area contributed by atoms with Gasteiger partial charge in [-0.15, -0.1) is 0 Å². The number of carbonyl (C=O) groups is 1. The number of amides is 1. The quantitative estimate of drug-likeness (QED) is 0.855. The molecule has 2 aromatic rings. The number of aromatic nitrogens is 1. The topological polar surface area (TPSA) is 42.0 Å². The first-order valence-corrected chi connectivity index (χ1v) is 6.16. The van der Waals surface area contributed by atoms with E-state index in [4.69, 9.17) is 0 Å². The highest BCUT2D eigenvalue weighted by molar-refractivity contribution is 9.10. The van der Waals surface area contributed by atoms with E-state index in [0.717, 1.165) is 12.1 Å². The maximum atomic E-state index is 13.6. The van der Waals surface area contributed by atoms with Crippen LogP contribution < -0.4 is 5.32 Å². The smallest absolute Gasteiger partial charge is 0.258 e. The van der Waals surface area contributed by atoms with Gasteiger partial charge >= 0.3 is 0 Å². The molecular weight excluding hydrogens is 318 g/mol. The Balaban J connectivity index is 2.30. The third kappa shape index (κ3) is 2.96. The van der Waals surface area contributed by atoms with E-state index in [1.807, 2.05) is 0 Å². The van der Waals surface area contributed by atoms with Crippen molar-refractivity contribution in [1.29, 1.82) is 0 Å². The maximum absolute atomic E-state index is 13.6. The van der Waals surface area contributed by atoms with Gasteiger partial charge in [0.05, 0.1) is 11.3 Å². The highest BCUT2D eigenvalue weighted by atomic mass is 79.9. The SMILES string of the molecule is Cc1cc(F)c(NC(=O)c2cccnc2Br)cc1F. The molecule has 1 amide bonds. The number of anilines is 1. The van der Waals surface area contributed by atoms with Gasteiger partial charge in [0, 0.05) is 12.3 Å². The first kappa shape index (κ1) is 13.6. The Morgan fingerprint density at radius 3 is 2.74 bits per heavy atom. The molecule has 0 bridgehead atoms. The van der Waals surface area contributed by atoms with Crippen molar-refractivity contribution in [1.82, 2.24) is 4.98 Å². The molecule has 0 fully saturated rings. The van der Waals surface area contributed by atoms with E-state index in [-0.39, 0.29) is 16.8 Å². The molecule has 0 radical (unpaired) electrons. The lowest BCUT2D eigenvalue weighted by molar-refractivity contribution is 0.102. The molecule has 98 valence electrons. The predicted molar refractivity (Wildman–Crippen MR) is 71.0 cm³/mol. The van der Waals surface area contributed by atoms with Gasteiger partial charge in [0.15, 0.2) is 0 Å². The summed E-state index contributed by atoms with van der Waals surface area (Å²) in [6.07, 6.45) is 1.51. The molecule has 0 aliphatic rings. The number of hydrogen-bond donors (Lipinski definition) is 1. The summed E-state index contributed by atoms with van der Waals surface area (Å²) in [5, 5.41) is 2.31. The Labute approximate surface area is 116 Å². The van der Waals surface area contributed by atoms with E-state index in [1.54, 1.807) is 6.07 Å². The molecule has 1 aromatic carbocycles. The van der Waals surface area contributed by atoms with Crippen LogP contribution in [0.25, 0.3) is 0 Å². The van der Waals surface area contributed by atoms with Crippen molar-refractivity contribution in [3.05, 3.63) is 57.8 Å². The summed E-state index contributed by atoms with van der Waals surface area (Å²) in [5.41, 5.74) is 0.213. The minimum atomic E-state index is -0.688. The van der Waals surface area contributed by atoms with Crippen LogP contribution in [0.3, 0.4) is 0 Å². The zero-order valence-electron chi connectivity index (χ0n) is 9.88. The van der Waals surface area contributed by atoms with Gasteiger partial charge in [0.2, 0.25) is 0 Å². The molecule has 0 aliphatic carbocycles. The fourth-order valence-electron chi connectivity index (χ4n) is 1.49. The molecule has 1 heterocycles. The van der Waals surface area contributed by atoms with Gasteiger partial charge in [-0.1, -0.05) is 0 Å². The van der Waals surface area contributed by atoms with E-state index in [9.17, 15) is 13.6 Å². The number of benzene rings is 1. The monoisotopic (exact) mass is 326 g/mol. The molecule has 1 aromatic heterocycles. The normalized spacial score (nSPS) is 10.3. The Morgan fingerprint density at radius 1 is 1.32 bits per heavy atom. The van der Waals surface area contributed by atoms with Gasteiger partial charge in [0.25, 0.3) is 5.91 Å². The van der Waals surface area contributed by atoms with Crippen LogP contribution in [0.4, 0.5) is 14.5 Å². The minimum absolute atomic E-state index is 0.179. The Hall–Kier alpha value is -1.82. The predicted octanol–water partition coefficient (Wildman–Crippen LogP) is 3.68. The molecule has 0 aliphatic heterocycles. The molecule has 0 saturated carbocycles. The van der Waals surface area contributed by atoms with Crippen LogP contribution in [-0.2, 0) is 0 Å². The zero-order valence-corrected chi connectivity index (χ0v) is 11.5. The first-order valence-electron chi connectivity index (χ1n) is 5.36. The van der Waals surface area contributed by atoms with Crippen molar-refractivity contribution >= 4 is 27.5 Å². The number of carbonyl (C=O) groups excluding carboxylic acids is 1.